The number of carbonyl (C=O) groups is 2. The Morgan fingerprint density at radius 3 is 1.69 bits per heavy atom. The van der Waals surface area contributed by atoms with Crippen molar-refractivity contribution in [2.45, 2.75) is 43.4 Å². The van der Waals surface area contributed by atoms with Crippen molar-refractivity contribution in [1.82, 2.24) is 0 Å². The minimum absolute atomic E-state index is 0.460. The van der Waals surface area contributed by atoms with Crippen LogP contribution in [-0.4, -0.2) is 42.1 Å². The van der Waals surface area contributed by atoms with Crippen LogP contribution >= 0.6 is 8.46 Å². The van der Waals surface area contributed by atoms with Gasteiger partial charge in [-0.25, -0.2) is 4.39 Å². The predicted octanol–water partition coefficient (Wildman–Crippen LogP) is 5.24. The summed E-state index contributed by atoms with van der Waals surface area (Å²) in [6.45, 7) is 2.58. The van der Waals surface area contributed by atoms with Crippen molar-refractivity contribution in [2.24, 2.45) is 0 Å². The van der Waals surface area contributed by atoms with E-state index in [1.54, 1.807) is 0 Å². The molecule has 0 amide bonds. The lowest BCUT2D eigenvalue weighted by atomic mass is 9.80. The molecule has 6 nitrogen and oxygen atoms in total. The SMILES string of the molecule is CC1(C)O[C@H](C(=O)COC(c2ccccc2)(c2ccccc2)c2ccccc2)[C@H](C(=O)C(F)P=O)O1. The van der Waals surface area contributed by atoms with Gasteiger partial charge in [0.25, 0.3) is 0 Å². The van der Waals surface area contributed by atoms with E-state index in [1.165, 1.54) is 13.8 Å². The van der Waals surface area contributed by atoms with Gasteiger partial charge in [0.15, 0.2) is 23.8 Å². The van der Waals surface area contributed by atoms with E-state index in [1.807, 2.05) is 91.0 Å². The molecule has 1 unspecified atom stereocenters. The largest absolute Gasteiger partial charge is 0.353 e. The van der Waals surface area contributed by atoms with Crippen molar-refractivity contribution in [2.75, 3.05) is 6.61 Å². The highest BCUT2D eigenvalue weighted by Gasteiger charge is 2.51. The molecule has 1 heterocycles. The van der Waals surface area contributed by atoms with Crippen molar-refractivity contribution in [3.8, 4) is 0 Å². The number of Topliss-reactive ketones (excluding diaryl/α,β-unsaturated/α-hetero) is 2. The summed E-state index contributed by atoms with van der Waals surface area (Å²) < 4.78 is 42.6. The zero-order chi connectivity index (χ0) is 25.8. The summed E-state index contributed by atoms with van der Waals surface area (Å²) >= 11 is 0. The van der Waals surface area contributed by atoms with Crippen molar-refractivity contribution in [3.63, 3.8) is 0 Å². The second-order valence-corrected chi connectivity index (χ2v) is 9.52. The summed E-state index contributed by atoms with van der Waals surface area (Å²) in [5.74, 6) is -5.34. The summed E-state index contributed by atoms with van der Waals surface area (Å²) in [6, 6.07) is 28.5. The molecular formula is C28H26FO6P. The van der Waals surface area contributed by atoms with Crippen molar-refractivity contribution in [3.05, 3.63) is 108 Å². The van der Waals surface area contributed by atoms with E-state index in [2.05, 4.69) is 0 Å². The fourth-order valence-corrected chi connectivity index (χ4v) is 4.67. The number of ether oxygens (including phenoxy) is 3. The first kappa shape index (κ1) is 26.0. The smallest absolute Gasteiger partial charge is 0.240 e. The van der Waals surface area contributed by atoms with Crippen LogP contribution in [0.2, 0.25) is 0 Å². The fourth-order valence-electron chi connectivity index (χ4n) is 4.42. The predicted molar refractivity (Wildman–Crippen MR) is 132 cm³/mol. The van der Waals surface area contributed by atoms with Gasteiger partial charge in [0.1, 0.15) is 12.2 Å². The third-order valence-electron chi connectivity index (χ3n) is 5.99. The molecule has 0 N–H and O–H groups in total. The number of rotatable bonds is 10. The Balaban J connectivity index is 1.73. The molecule has 3 atom stereocenters. The minimum atomic E-state index is -2.32. The number of ketones is 2. The van der Waals surface area contributed by atoms with Gasteiger partial charge >= 0.3 is 0 Å². The van der Waals surface area contributed by atoms with Gasteiger partial charge in [-0.3, -0.25) is 14.2 Å². The van der Waals surface area contributed by atoms with Gasteiger partial charge in [0, 0.05) is 0 Å². The summed E-state index contributed by atoms with van der Waals surface area (Å²) in [5, 5.41) is 0. The van der Waals surface area contributed by atoms with E-state index >= 15 is 0 Å². The average Bonchev–Trinajstić information content (AvgIpc) is 3.25. The molecule has 3 aromatic carbocycles. The molecule has 8 heteroatoms. The van der Waals surface area contributed by atoms with Crippen LogP contribution in [0.1, 0.15) is 30.5 Å². The second kappa shape index (κ2) is 10.9. The molecule has 0 saturated carbocycles. The van der Waals surface area contributed by atoms with Gasteiger partial charge in [0.05, 0.1) is 0 Å². The molecule has 0 aromatic heterocycles. The third kappa shape index (κ3) is 5.20. The Hall–Kier alpha value is -3.09. The number of halogens is 1. The number of hydrogen-bond donors (Lipinski definition) is 0. The van der Waals surface area contributed by atoms with Gasteiger partial charge in [-0.15, -0.1) is 0 Å². The third-order valence-corrected chi connectivity index (χ3v) is 6.43. The maximum atomic E-state index is 14.0. The highest BCUT2D eigenvalue weighted by Crippen LogP contribution is 2.41. The van der Waals surface area contributed by atoms with E-state index < -0.39 is 56.1 Å². The lowest BCUT2D eigenvalue weighted by molar-refractivity contribution is -0.161. The lowest BCUT2D eigenvalue weighted by Crippen LogP contribution is -2.43. The van der Waals surface area contributed by atoms with E-state index in [9.17, 15) is 18.5 Å². The molecule has 186 valence electrons. The van der Waals surface area contributed by atoms with Gasteiger partial charge in [0.2, 0.25) is 20.2 Å². The van der Waals surface area contributed by atoms with Crippen LogP contribution in [0.25, 0.3) is 0 Å². The summed E-state index contributed by atoms with van der Waals surface area (Å²) in [6.07, 6.45) is -2.94. The quantitative estimate of drug-likeness (QED) is 0.275. The minimum Gasteiger partial charge on any atom is -0.353 e. The van der Waals surface area contributed by atoms with Crippen LogP contribution in [0.3, 0.4) is 0 Å². The van der Waals surface area contributed by atoms with Crippen molar-refractivity contribution in [1.29, 1.82) is 0 Å². The Morgan fingerprint density at radius 2 is 1.28 bits per heavy atom. The number of alkyl halides is 1. The van der Waals surface area contributed by atoms with Crippen LogP contribution in [-0.2, 0) is 34.0 Å². The van der Waals surface area contributed by atoms with Gasteiger partial charge in [-0.2, -0.15) is 0 Å². The normalized spacial score (nSPS) is 20.2. The number of hydrogen-bond acceptors (Lipinski definition) is 6. The van der Waals surface area contributed by atoms with Crippen LogP contribution in [0.15, 0.2) is 91.0 Å². The molecule has 36 heavy (non-hydrogen) atoms. The van der Waals surface area contributed by atoms with E-state index in [-0.39, 0.29) is 0 Å². The topological polar surface area (TPSA) is 78.9 Å². The standard InChI is InChI=1S/C28H26FO6P/c1-27(2)34-24(25(35-27)23(31)26(29)36-32)22(30)18-33-28(19-12-6-3-7-13-19,20-14-8-4-9-15-20)21-16-10-5-11-17-21/h3-17,24-26H,18H2,1-2H3/t24-,25+,26?/m1/s1. The highest BCUT2D eigenvalue weighted by molar-refractivity contribution is 7.26. The fraction of sp³-hybridized carbons (Fsp3) is 0.286. The zero-order valence-corrected chi connectivity index (χ0v) is 20.8. The Bertz CT molecular complexity index is 1110. The molecular weight excluding hydrogens is 482 g/mol. The first-order chi connectivity index (χ1) is 17.3. The molecule has 1 aliphatic heterocycles. The maximum absolute atomic E-state index is 14.0. The van der Waals surface area contributed by atoms with E-state index in [0.717, 1.165) is 16.7 Å². The number of carbonyl (C=O) groups excluding carboxylic acids is 2. The maximum Gasteiger partial charge on any atom is 0.240 e. The second-order valence-electron chi connectivity index (χ2n) is 8.85. The molecule has 1 saturated heterocycles. The van der Waals surface area contributed by atoms with E-state index in [0.29, 0.717) is 0 Å². The van der Waals surface area contributed by atoms with Crippen LogP contribution < -0.4 is 0 Å². The first-order valence-corrected chi connectivity index (χ1v) is 12.4. The zero-order valence-electron chi connectivity index (χ0n) is 19.9. The molecule has 0 aliphatic carbocycles. The summed E-state index contributed by atoms with van der Waals surface area (Å²) in [5.41, 5.74) is 1.21. The van der Waals surface area contributed by atoms with Crippen LogP contribution in [0.4, 0.5) is 4.39 Å². The van der Waals surface area contributed by atoms with Crippen molar-refractivity contribution >= 4 is 20.0 Å². The molecule has 0 bridgehead atoms. The van der Waals surface area contributed by atoms with Gasteiger partial charge in [-0.05, 0) is 30.5 Å². The molecule has 1 fully saturated rings. The Labute approximate surface area is 210 Å². The van der Waals surface area contributed by atoms with Crippen LogP contribution in [0.5, 0.6) is 0 Å². The Morgan fingerprint density at radius 1 is 0.861 bits per heavy atom. The van der Waals surface area contributed by atoms with Gasteiger partial charge in [-0.1, -0.05) is 91.0 Å². The first-order valence-electron chi connectivity index (χ1n) is 11.5. The molecule has 4 rings (SSSR count). The summed E-state index contributed by atoms with van der Waals surface area (Å²) in [4.78, 5) is 25.9. The lowest BCUT2D eigenvalue weighted by Gasteiger charge is -2.36. The van der Waals surface area contributed by atoms with E-state index in [4.69, 9.17) is 14.2 Å². The highest BCUT2D eigenvalue weighted by atomic mass is 31.1. The number of benzene rings is 3. The van der Waals surface area contributed by atoms with Gasteiger partial charge < -0.3 is 14.2 Å². The van der Waals surface area contributed by atoms with Crippen molar-refractivity contribution < 1.29 is 32.8 Å². The molecule has 0 spiro atoms. The molecule has 3 aromatic rings. The molecule has 0 radical (unpaired) electrons. The monoisotopic (exact) mass is 508 g/mol. The molecule has 1 aliphatic rings. The van der Waals surface area contributed by atoms with Crippen LogP contribution in [0, 0.1) is 0 Å². The Kier molecular flexibility index (Phi) is 7.86. The average molecular weight is 508 g/mol. The summed E-state index contributed by atoms with van der Waals surface area (Å²) in [7, 11) is -1.00.